The van der Waals surface area contributed by atoms with E-state index < -0.39 is 0 Å². The first-order valence-electron chi connectivity index (χ1n) is 11.4. The third-order valence-electron chi connectivity index (χ3n) is 6.52. The number of ether oxygens (including phenoxy) is 1. The Bertz CT molecular complexity index is 934. The maximum Gasteiger partial charge on any atom is 0.251 e. The summed E-state index contributed by atoms with van der Waals surface area (Å²) in [7, 11) is 0. The number of alkyl halides is 1. The molecule has 1 atom stereocenters. The molecular formula is C25H30BrFIN3O2. The van der Waals surface area contributed by atoms with Crippen LogP contribution in [0.2, 0.25) is 0 Å². The predicted molar refractivity (Wildman–Crippen MR) is 141 cm³/mol. The van der Waals surface area contributed by atoms with Gasteiger partial charge in [-0.15, -0.1) is 0 Å². The third-order valence-corrected chi connectivity index (χ3v) is 7.86. The molecule has 0 aliphatic carbocycles. The van der Waals surface area contributed by atoms with E-state index in [0.717, 1.165) is 72.4 Å². The van der Waals surface area contributed by atoms with Gasteiger partial charge in [-0.25, -0.2) is 4.39 Å². The van der Waals surface area contributed by atoms with E-state index in [1.165, 1.54) is 12.1 Å². The van der Waals surface area contributed by atoms with Crippen molar-refractivity contribution < 1.29 is 13.9 Å². The van der Waals surface area contributed by atoms with E-state index >= 15 is 0 Å². The van der Waals surface area contributed by atoms with Gasteiger partial charge in [-0.3, -0.25) is 9.69 Å². The van der Waals surface area contributed by atoms with E-state index in [1.54, 1.807) is 0 Å². The Morgan fingerprint density at radius 3 is 2.61 bits per heavy atom. The van der Waals surface area contributed by atoms with Crippen molar-refractivity contribution in [2.24, 2.45) is 0 Å². The van der Waals surface area contributed by atoms with E-state index in [1.807, 2.05) is 30.3 Å². The van der Waals surface area contributed by atoms with Gasteiger partial charge in [0.1, 0.15) is 5.82 Å². The standard InChI is InChI=1S/C25H30BrFIN3O2/c26-22-12-18(14-28)11-21(13-22)25(32)29-15-20(19-1-3-23(27)4-2-19)5-6-30-16-24(17-30)31-7-9-33-10-8-31/h1-4,11-13,20,24H,5-10,14-17H2,(H,29,32). The molecule has 4 rings (SSSR count). The van der Waals surface area contributed by atoms with Crippen molar-refractivity contribution in [2.75, 3.05) is 52.5 Å². The molecule has 0 saturated carbocycles. The van der Waals surface area contributed by atoms with Crippen LogP contribution < -0.4 is 5.32 Å². The van der Waals surface area contributed by atoms with Crippen molar-refractivity contribution in [2.45, 2.75) is 22.8 Å². The van der Waals surface area contributed by atoms with E-state index in [4.69, 9.17) is 4.74 Å². The van der Waals surface area contributed by atoms with Crippen LogP contribution in [0.5, 0.6) is 0 Å². The van der Waals surface area contributed by atoms with Crippen LogP contribution in [0.25, 0.3) is 0 Å². The lowest BCUT2D eigenvalue weighted by Gasteiger charge is -2.47. The number of likely N-dealkylation sites (tertiary alicyclic amines) is 1. The smallest absolute Gasteiger partial charge is 0.251 e. The van der Waals surface area contributed by atoms with Crippen LogP contribution in [0.3, 0.4) is 0 Å². The molecule has 0 aromatic heterocycles. The average Bonchev–Trinajstić information content (AvgIpc) is 2.80. The van der Waals surface area contributed by atoms with Gasteiger partial charge in [-0.1, -0.05) is 50.7 Å². The topological polar surface area (TPSA) is 44.8 Å². The van der Waals surface area contributed by atoms with Crippen LogP contribution in [-0.2, 0) is 9.16 Å². The van der Waals surface area contributed by atoms with Gasteiger partial charge in [0, 0.05) is 59.1 Å². The summed E-state index contributed by atoms with van der Waals surface area (Å²) in [6.07, 6.45) is 0.916. The van der Waals surface area contributed by atoms with Gasteiger partial charge in [0.2, 0.25) is 0 Å². The van der Waals surface area contributed by atoms with Gasteiger partial charge in [-0.2, -0.15) is 0 Å². The zero-order valence-corrected chi connectivity index (χ0v) is 22.4. The first kappa shape index (κ1) is 25.0. The van der Waals surface area contributed by atoms with Gasteiger partial charge >= 0.3 is 0 Å². The minimum Gasteiger partial charge on any atom is -0.379 e. The Balaban J connectivity index is 1.34. The quantitative estimate of drug-likeness (QED) is 0.329. The highest BCUT2D eigenvalue weighted by Gasteiger charge is 2.32. The normalized spacial score (nSPS) is 18.6. The molecule has 8 heteroatoms. The maximum atomic E-state index is 13.5. The number of hydrogen-bond acceptors (Lipinski definition) is 4. The molecule has 2 fully saturated rings. The molecule has 0 radical (unpaired) electrons. The van der Waals surface area contributed by atoms with Crippen molar-refractivity contribution >= 4 is 44.4 Å². The Morgan fingerprint density at radius 1 is 1.18 bits per heavy atom. The molecule has 33 heavy (non-hydrogen) atoms. The molecule has 5 nitrogen and oxygen atoms in total. The SMILES string of the molecule is O=C(NCC(CCN1CC(N2CCOCC2)C1)c1ccc(F)cc1)c1cc(Br)cc(CI)c1. The first-order valence-corrected chi connectivity index (χ1v) is 13.8. The lowest BCUT2D eigenvalue weighted by Crippen LogP contribution is -2.61. The number of hydrogen-bond donors (Lipinski definition) is 1. The minimum atomic E-state index is -0.238. The zero-order chi connectivity index (χ0) is 23.2. The third kappa shape index (κ3) is 6.97. The molecule has 1 amide bonds. The first-order chi connectivity index (χ1) is 16.0. The zero-order valence-electron chi connectivity index (χ0n) is 18.6. The second-order valence-electron chi connectivity index (χ2n) is 8.79. The van der Waals surface area contributed by atoms with E-state index in [9.17, 15) is 9.18 Å². The fourth-order valence-electron chi connectivity index (χ4n) is 4.54. The molecule has 0 bridgehead atoms. The Morgan fingerprint density at radius 2 is 1.91 bits per heavy atom. The molecule has 2 aliphatic rings. The summed E-state index contributed by atoms with van der Waals surface area (Å²) in [5.41, 5.74) is 2.83. The van der Waals surface area contributed by atoms with Crippen molar-refractivity contribution in [3.63, 3.8) is 0 Å². The summed E-state index contributed by atoms with van der Waals surface area (Å²) in [4.78, 5) is 17.9. The molecule has 2 saturated heterocycles. The average molecular weight is 630 g/mol. The maximum absolute atomic E-state index is 13.5. The number of nitrogens with one attached hydrogen (secondary N) is 1. The van der Waals surface area contributed by atoms with Crippen molar-refractivity contribution in [3.8, 4) is 0 Å². The van der Waals surface area contributed by atoms with Crippen LogP contribution in [-0.4, -0.2) is 74.2 Å². The van der Waals surface area contributed by atoms with Gasteiger partial charge < -0.3 is 15.0 Å². The van der Waals surface area contributed by atoms with Crippen molar-refractivity contribution in [1.29, 1.82) is 0 Å². The van der Waals surface area contributed by atoms with Gasteiger partial charge in [0.05, 0.1) is 13.2 Å². The fourth-order valence-corrected chi connectivity index (χ4v) is 5.52. The number of morpholine rings is 1. The van der Waals surface area contributed by atoms with Gasteiger partial charge in [-0.05, 0) is 54.4 Å². The number of benzene rings is 2. The number of nitrogens with zero attached hydrogens (tertiary/aromatic N) is 2. The molecule has 2 aliphatic heterocycles. The number of rotatable bonds is 9. The predicted octanol–water partition coefficient (Wildman–Crippen LogP) is 4.44. The molecular weight excluding hydrogens is 600 g/mol. The number of carbonyl (C=O) groups excluding carboxylic acids is 1. The number of amides is 1. The van der Waals surface area contributed by atoms with Crippen LogP contribution in [0.1, 0.15) is 33.8 Å². The molecule has 1 unspecified atom stereocenters. The number of halogens is 3. The monoisotopic (exact) mass is 629 g/mol. The minimum absolute atomic E-state index is 0.0779. The summed E-state index contributed by atoms with van der Waals surface area (Å²) in [5, 5.41) is 3.11. The lowest BCUT2D eigenvalue weighted by atomic mass is 9.94. The van der Waals surface area contributed by atoms with Crippen LogP contribution in [0, 0.1) is 5.82 Å². The molecule has 2 aromatic rings. The van der Waals surface area contributed by atoms with Crippen LogP contribution in [0.15, 0.2) is 46.9 Å². The Kier molecular flexibility index (Phi) is 9.15. The highest BCUT2D eigenvalue weighted by Crippen LogP contribution is 2.24. The Hall–Kier alpha value is -1.07. The molecule has 0 spiro atoms. The second-order valence-corrected chi connectivity index (χ2v) is 10.5. The highest BCUT2D eigenvalue weighted by atomic mass is 127. The van der Waals surface area contributed by atoms with E-state index in [-0.39, 0.29) is 17.6 Å². The molecule has 178 valence electrons. The molecule has 2 heterocycles. The van der Waals surface area contributed by atoms with Gasteiger partial charge in [0.15, 0.2) is 0 Å². The van der Waals surface area contributed by atoms with E-state index in [0.29, 0.717) is 18.2 Å². The summed E-state index contributed by atoms with van der Waals surface area (Å²) < 4.78 is 20.7. The number of carbonyl (C=O) groups is 1. The Labute approximate surface area is 217 Å². The highest BCUT2D eigenvalue weighted by molar-refractivity contribution is 14.1. The lowest BCUT2D eigenvalue weighted by molar-refractivity contribution is -0.0325. The van der Waals surface area contributed by atoms with Crippen molar-refractivity contribution in [1.82, 2.24) is 15.1 Å². The summed E-state index contributed by atoms with van der Waals surface area (Å²) >= 11 is 5.80. The molecule has 1 N–H and O–H groups in total. The largest absolute Gasteiger partial charge is 0.379 e. The van der Waals surface area contributed by atoms with Gasteiger partial charge in [0.25, 0.3) is 5.91 Å². The summed E-state index contributed by atoms with van der Waals surface area (Å²) in [6, 6.07) is 13.1. The molecule has 2 aromatic carbocycles. The van der Waals surface area contributed by atoms with Crippen LogP contribution >= 0.6 is 38.5 Å². The summed E-state index contributed by atoms with van der Waals surface area (Å²) in [5.74, 6) is -0.183. The van der Waals surface area contributed by atoms with E-state index in [2.05, 4.69) is 53.6 Å². The van der Waals surface area contributed by atoms with Crippen LogP contribution in [0.4, 0.5) is 4.39 Å². The summed E-state index contributed by atoms with van der Waals surface area (Å²) in [6.45, 7) is 7.38. The fraction of sp³-hybridized carbons (Fsp3) is 0.480. The second kappa shape index (κ2) is 12.1. The van der Waals surface area contributed by atoms with Crippen molar-refractivity contribution in [3.05, 3.63) is 69.4 Å².